The molecule has 1 N–H and O–H groups in total. The molecular weight excluding hydrogens is 128 g/mol. The Balaban J connectivity index is 2.67. The van der Waals surface area contributed by atoms with Crippen LogP contribution in [-0.2, 0) is 6.42 Å². The Morgan fingerprint density at radius 1 is 1.80 bits per heavy atom. The minimum absolute atomic E-state index is 0.522. The molecular formula is C7H10N2O. The van der Waals surface area contributed by atoms with Crippen LogP contribution in [0, 0.1) is 12.3 Å². The van der Waals surface area contributed by atoms with E-state index in [1.807, 2.05) is 6.92 Å². The molecule has 3 heteroatoms. The zero-order valence-corrected chi connectivity index (χ0v) is 6.14. The Bertz CT molecular complexity index is 240. The zero-order valence-electron chi connectivity index (χ0n) is 6.14. The van der Waals surface area contributed by atoms with E-state index >= 15 is 0 Å². The van der Waals surface area contributed by atoms with E-state index in [1.54, 1.807) is 13.2 Å². The topological polar surface area (TPSA) is 49.9 Å². The van der Waals surface area contributed by atoms with E-state index in [-0.39, 0.29) is 0 Å². The maximum Gasteiger partial charge on any atom is 0.199 e. The van der Waals surface area contributed by atoms with Gasteiger partial charge in [-0.3, -0.25) is 0 Å². The van der Waals surface area contributed by atoms with Crippen LogP contribution in [0.1, 0.15) is 18.5 Å². The molecule has 10 heavy (non-hydrogen) atoms. The smallest absolute Gasteiger partial charge is 0.199 e. The molecule has 0 aromatic carbocycles. The number of aryl methyl sites for hydroxylation is 1. The number of hydrogen-bond donors (Lipinski definition) is 1. The Morgan fingerprint density at radius 2 is 2.50 bits per heavy atom. The van der Waals surface area contributed by atoms with Crippen molar-refractivity contribution in [1.29, 1.82) is 5.41 Å². The van der Waals surface area contributed by atoms with Gasteiger partial charge in [-0.1, -0.05) is 0 Å². The van der Waals surface area contributed by atoms with Gasteiger partial charge in [-0.05, 0) is 13.8 Å². The van der Waals surface area contributed by atoms with Gasteiger partial charge in [0.25, 0.3) is 0 Å². The van der Waals surface area contributed by atoms with Gasteiger partial charge in [-0.2, -0.15) is 0 Å². The van der Waals surface area contributed by atoms with Gasteiger partial charge < -0.3 is 9.83 Å². The standard InChI is InChI=1S/C7H10N2O/c1-5(8)3-7-9-6(2)4-10-7/h4,8H,3H2,1-2H3. The number of oxazole rings is 1. The molecule has 0 aliphatic carbocycles. The minimum Gasteiger partial charge on any atom is -0.448 e. The van der Waals surface area contributed by atoms with Gasteiger partial charge in [0.15, 0.2) is 5.89 Å². The molecule has 0 saturated carbocycles. The molecule has 1 aromatic rings. The second kappa shape index (κ2) is 2.64. The van der Waals surface area contributed by atoms with Crippen LogP contribution in [0.2, 0.25) is 0 Å². The van der Waals surface area contributed by atoms with E-state index in [2.05, 4.69) is 4.98 Å². The quantitative estimate of drug-likeness (QED) is 0.630. The summed E-state index contributed by atoms with van der Waals surface area (Å²) in [7, 11) is 0. The van der Waals surface area contributed by atoms with E-state index in [0.29, 0.717) is 18.0 Å². The highest BCUT2D eigenvalue weighted by Crippen LogP contribution is 2.00. The predicted molar refractivity (Wildman–Crippen MR) is 38.3 cm³/mol. The second-order valence-corrected chi connectivity index (χ2v) is 2.34. The summed E-state index contributed by atoms with van der Waals surface area (Å²) in [5, 5.41) is 7.14. The van der Waals surface area contributed by atoms with Crippen molar-refractivity contribution >= 4 is 5.71 Å². The van der Waals surface area contributed by atoms with E-state index < -0.39 is 0 Å². The molecule has 0 bridgehead atoms. The Hall–Kier alpha value is -1.12. The first-order valence-electron chi connectivity index (χ1n) is 3.13. The van der Waals surface area contributed by atoms with Crippen molar-refractivity contribution in [3.05, 3.63) is 17.8 Å². The number of nitrogens with one attached hydrogen (secondary N) is 1. The molecule has 0 amide bonds. The van der Waals surface area contributed by atoms with E-state index in [9.17, 15) is 0 Å². The van der Waals surface area contributed by atoms with Gasteiger partial charge in [0, 0.05) is 5.71 Å². The fourth-order valence-corrected chi connectivity index (χ4v) is 0.711. The van der Waals surface area contributed by atoms with Crippen LogP contribution in [-0.4, -0.2) is 10.7 Å². The van der Waals surface area contributed by atoms with Gasteiger partial charge in [0.05, 0.1) is 12.1 Å². The van der Waals surface area contributed by atoms with Crippen LogP contribution in [0.3, 0.4) is 0 Å². The summed E-state index contributed by atoms with van der Waals surface area (Å²) in [5.74, 6) is 0.630. The average molecular weight is 138 g/mol. The van der Waals surface area contributed by atoms with Crippen molar-refractivity contribution in [3.63, 3.8) is 0 Å². The molecule has 0 unspecified atom stereocenters. The van der Waals surface area contributed by atoms with E-state index in [0.717, 1.165) is 5.69 Å². The number of nitrogens with zero attached hydrogens (tertiary/aromatic N) is 1. The molecule has 0 aliphatic heterocycles. The molecule has 0 saturated heterocycles. The summed E-state index contributed by atoms with van der Waals surface area (Å²) in [4.78, 5) is 4.04. The summed E-state index contributed by atoms with van der Waals surface area (Å²) < 4.78 is 5.02. The minimum atomic E-state index is 0.522. The molecule has 0 aliphatic rings. The van der Waals surface area contributed by atoms with Crippen molar-refractivity contribution in [2.24, 2.45) is 0 Å². The first-order valence-corrected chi connectivity index (χ1v) is 3.13. The van der Waals surface area contributed by atoms with Crippen molar-refractivity contribution < 1.29 is 4.42 Å². The lowest BCUT2D eigenvalue weighted by molar-refractivity contribution is 0.512. The number of aromatic nitrogens is 1. The van der Waals surface area contributed by atoms with Crippen molar-refractivity contribution in [3.8, 4) is 0 Å². The molecule has 0 spiro atoms. The third-order valence-electron chi connectivity index (χ3n) is 1.08. The monoisotopic (exact) mass is 138 g/mol. The van der Waals surface area contributed by atoms with Crippen molar-refractivity contribution in [1.82, 2.24) is 4.98 Å². The normalized spacial score (nSPS) is 9.80. The lowest BCUT2D eigenvalue weighted by atomic mass is 10.3. The predicted octanol–water partition coefficient (Wildman–Crippen LogP) is 1.57. The fraction of sp³-hybridized carbons (Fsp3) is 0.429. The summed E-state index contributed by atoms with van der Waals surface area (Å²) in [6.07, 6.45) is 2.12. The Labute approximate surface area is 59.6 Å². The van der Waals surface area contributed by atoms with Crippen LogP contribution >= 0.6 is 0 Å². The zero-order chi connectivity index (χ0) is 7.56. The lowest BCUT2D eigenvalue weighted by Gasteiger charge is -1.88. The maximum atomic E-state index is 7.14. The summed E-state index contributed by atoms with van der Waals surface area (Å²) in [6, 6.07) is 0. The van der Waals surface area contributed by atoms with Gasteiger partial charge in [0.2, 0.25) is 0 Å². The third-order valence-corrected chi connectivity index (χ3v) is 1.08. The largest absolute Gasteiger partial charge is 0.448 e. The third kappa shape index (κ3) is 1.69. The van der Waals surface area contributed by atoms with E-state index in [1.165, 1.54) is 0 Å². The molecule has 54 valence electrons. The summed E-state index contributed by atoms with van der Waals surface area (Å²) in [5.41, 5.74) is 1.44. The summed E-state index contributed by atoms with van der Waals surface area (Å²) in [6.45, 7) is 3.60. The van der Waals surface area contributed by atoms with Gasteiger partial charge >= 0.3 is 0 Å². The molecule has 0 radical (unpaired) electrons. The second-order valence-electron chi connectivity index (χ2n) is 2.34. The molecule has 1 aromatic heterocycles. The molecule has 0 fully saturated rings. The number of rotatable bonds is 2. The maximum absolute atomic E-state index is 7.14. The summed E-state index contributed by atoms with van der Waals surface area (Å²) >= 11 is 0. The van der Waals surface area contributed by atoms with Crippen LogP contribution in [0.4, 0.5) is 0 Å². The highest BCUT2D eigenvalue weighted by Gasteiger charge is 1.99. The molecule has 0 atom stereocenters. The van der Waals surface area contributed by atoms with E-state index in [4.69, 9.17) is 9.83 Å². The lowest BCUT2D eigenvalue weighted by Crippen LogP contribution is -1.94. The Kier molecular flexibility index (Phi) is 1.85. The van der Waals surface area contributed by atoms with Gasteiger partial charge in [-0.15, -0.1) is 0 Å². The molecule has 1 heterocycles. The van der Waals surface area contributed by atoms with Crippen LogP contribution in [0.25, 0.3) is 0 Å². The highest BCUT2D eigenvalue weighted by atomic mass is 16.3. The van der Waals surface area contributed by atoms with Gasteiger partial charge in [-0.25, -0.2) is 4.98 Å². The Morgan fingerprint density at radius 3 is 2.90 bits per heavy atom. The molecule has 1 rings (SSSR count). The van der Waals surface area contributed by atoms with Crippen LogP contribution in [0.15, 0.2) is 10.7 Å². The first kappa shape index (κ1) is 6.99. The van der Waals surface area contributed by atoms with Gasteiger partial charge in [0.1, 0.15) is 6.26 Å². The highest BCUT2D eigenvalue weighted by molar-refractivity contribution is 5.80. The average Bonchev–Trinajstić information content (AvgIpc) is 2.13. The van der Waals surface area contributed by atoms with Crippen LogP contribution < -0.4 is 0 Å². The van der Waals surface area contributed by atoms with Crippen LogP contribution in [0.5, 0.6) is 0 Å². The molecule has 3 nitrogen and oxygen atoms in total. The fourth-order valence-electron chi connectivity index (χ4n) is 0.711. The number of hydrogen-bond acceptors (Lipinski definition) is 3. The van der Waals surface area contributed by atoms with Crippen molar-refractivity contribution in [2.45, 2.75) is 20.3 Å². The van der Waals surface area contributed by atoms with Crippen molar-refractivity contribution in [2.75, 3.05) is 0 Å². The SMILES string of the molecule is CC(=N)Cc1nc(C)co1. The first-order chi connectivity index (χ1) is 4.68.